The summed E-state index contributed by atoms with van der Waals surface area (Å²) in [6.45, 7) is 6.22. The summed E-state index contributed by atoms with van der Waals surface area (Å²) >= 11 is 0. The van der Waals surface area contributed by atoms with Crippen molar-refractivity contribution in [1.29, 1.82) is 0 Å². The molecular weight excluding hydrogens is 256 g/mol. The van der Waals surface area contributed by atoms with E-state index in [1.807, 2.05) is 0 Å². The predicted molar refractivity (Wildman–Crippen MR) is 82.7 cm³/mol. The summed E-state index contributed by atoms with van der Waals surface area (Å²) < 4.78 is 0. The Morgan fingerprint density at radius 2 is 1.74 bits per heavy atom. The number of nitrogens with one attached hydrogen (secondary N) is 1. The largest absolute Gasteiger partial charge is 0.316 e. The topological polar surface area (TPSA) is 15.3 Å². The van der Waals surface area contributed by atoms with Crippen LogP contribution in [0, 0.1) is 11.8 Å². The van der Waals surface area contributed by atoms with Crippen molar-refractivity contribution in [3.63, 3.8) is 0 Å². The monoisotopic (exact) mass is 280 g/mol. The van der Waals surface area contributed by atoms with Gasteiger partial charge in [0, 0.05) is 6.54 Å². The molecule has 2 nitrogen and oxygen atoms in total. The molecule has 0 amide bonds. The standard InChI is InChI=1S/C16H24N2.ClH/c1-2-4-14(5-3-1)13-18-10-7-15(8-11-18)16-6-9-17-12-16;/h1-5,15-17H,6-13H2;1H. The average Bonchev–Trinajstić information content (AvgIpc) is 2.95. The van der Waals surface area contributed by atoms with Crippen molar-refractivity contribution in [1.82, 2.24) is 10.2 Å². The van der Waals surface area contributed by atoms with E-state index in [4.69, 9.17) is 0 Å². The maximum absolute atomic E-state index is 3.51. The Bertz CT molecular complexity index is 354. The molecule has 2 heterocycles. The zero-order valence-electron chi connectivity index (χ0n) is 11.6. The van der Waals surface area contributed by atoms with E-state index in [0.29, 0.717) is 0 Å². The molecule has 0 aromatic heterocycles. The third-order valence-corrected chi connectivity index (χ3v) is 4.65. The number of hydrogen-bond donors (Lipinski definition) is 1. The van der Waals surface area contributed by atoms with Gasteiger partial charge in [0.1, 0.15) is 0 Å². The van der Waals surface area contributed by atoms with E-state index in [-0.39, 0.29) is 12.4 Å². The number of piperidine rings is 1. The van der Waals surface area contributed by atoms with Gasteiger partial charge in [-0.3, -0.25) is 4.90 Å². The fourth-order valence-corrected chi connectivity index (χ4v) is 3.50. The van der Waals surface area contributed by atoms with E-state index >= 15 is 0 Å². The average molecular weight is 281 g/mol. The zero-order chi connectivity index (χ0) is 12.2. The molecule has 0 bridgehead atoms. The summed E-state index contributed by atoms with van der Waals surface area (Å²) in [7, 11) is 0. The van der Waals surface area contributed by atoms with Crippen LogP contribution in [0.25, 0.3) is 0 Å². The normalized spacial score (nSPS) is 25.2. The minimum Gasteiger partial charge on any atom is -0.316 e. The summed E-state index contributed by atoms with van der Waals surface area (Å²) in [5.74, 6) is 1.94. The van der Waals surface area contributed by atoms with Gasteiger partial charge < -0.3 is 5.32 Å². The van der Waals surface area contributed by atoms with Crippen molar-refractivity contribution in [2.24, 2.45) is 11.8 Å². The summed E-state index contributed by atoms with van der Waals surface area (Å²) in [4.78, 5) is 2.62. The molecule has 1 aromatic carbocycles. The molecule has 2 aliphatic rings. The Morgan fingerprint density at radius 1 is 1.00 bits per heavy atom. The maximum Gasteiger partial charge on any atom is 0.0233 e. The molecule has 106 valence electrons. The summed E-state index contributed by atoms with van der Waals surface area (Å²) in [6.07, 6.45) is 4.21. The predicted octanol–water partition coefficient (Wildman–Crippen LogP) is 2.93. The lowest BCUT2D eigenvalue weighted by molar-refractivity contribution is 0.146. The fraction of sp³-hybridized carbons (Fsp3) is 0.625. The smallest absolute Gasteiger partial charge is 0.0233 e. The number of nitrogens with zero attached hydrogens (tertiary/aromatic N) is 1. The first-order valence-electron chi connectivity index (χ1n) is 7.39. The SMILES string of the molecule is Cl.c1ccc(CN2CCC(C3CCNC3)CC2)cc1. The summed E-state index contributed by atoms with van der Waals surface area (Å²) in [5, 5.41) is 3.51. The third kappa shape index (κ3) is 3.95. The van der Waals surface area contributed by atoms with Gasteiger partial charge in [-0.2, -0.15) is 0 Å². The first-order valence-corrected chi connectivity index (χ1v) is 7.39. The van der Waals surface area contributed by atoms with Gasteiger partial charge >= 0.3 is 0 Å². The van der Waals surface area contributed by atoms with Crippen molar-refractivity contribution in [3.05, 3.63) is 35.9 Å². The number of likely N-dealkylation sites (tertiary alicyclic amines) is 1. The first kappa shape index (κ1) is 14.8. The van der Waals surface area contributed by atoms with E-state index in [1.165, 1.54) is 51.0 Å². The lowest BCUT2D eigenvalue weighted by Gasteiger charge is -2.34. The highest BCUT2D eigenvalue weighted by atomic mass is 35.5. The highest BCUT2D eigenvalue weighted by molar-refractivity contribution is 5.85. The highest BCUT2D eigenvalue weighted by Gasteiger charge is 2.28. The molecule has 1 atom stereocenters. The van der Waals surface area contributed by atoms with Gasteiger partial charge in [0.25, 0.3) is 0 Å². The molecule has 2 saturated heterocycles. The van der Waals surface area contributed by atoms with Crippen LogP contribution in [0.5, 0.6) is 0 Å². The molecule has 0 spiro atoms. The molecule has 0 radical (unpaired) electrons. The van der Waals surface area contributed by atoms with Crippen LogP contribution < -0.4 is 5.32 Å². The number of hydrogen-bond acceptors (Lipinski definition) is 2. The van der Waals surface area contributed by atoms with Crippen molar-refractivity contribution in [3.8, 4) is 0 Å². The van der Waals surface area contributed by atoms with E-state index in [9.17, 15) is 0 Å². The number of benzene rings is 1. The van der Waals surface area contributed by atoms with Crippen molar-refractivity contribution >= 4 is 12.4 Å². The van der Waals surface area contributed by atoms with Gasteiger partial charge in [-0.1, -0.05) is 30.3 Å². The Kier molecular flexibility index (Phi) is 5.68. The van der Waals surface area contributed by atoms with Gasteiger partial charge in [-0.15, -0.1) is 12.4 Å². The van der Waals surface area contributed by atoms with Crippen LogP contribution in [-0.2, 0) is 6.54 Å². The molecule has 3 heteroatoms. The van der Waals surface area contributed by atoms with Crippen LogP contribution in [0.4, 0.5) is 0 Å². The second-order valence-electron chi connectivity index (χ2n) is 5.85. The van der Waals surface area contributed by atoms with Gasteiger partial charge in [0.05, 0.1) is 0 Å². The van der Waals surface area contributed by atoms with E-state index in [0.717, 1.165) is 18.4 Å². The highest BCUT2D eigenvalue weighted by Crippen LogP contribution is 2.29. The van der Waals surface area contributed by atoms with Gasteiger partial charge in [-0.05, 0) is 62.8 Å². The number of rotatable bonds is 3. The molecule has 0 aliphatic carbocycles. The molecule has 19 heavy (non-hydrogen) atoms. The second-order valence-corrected chi connectivity index (χ2v) is 5.85. The van der Waals surface area contributed by atoms with Crippen LogP contribution >= 0.6 is 12.4 Å². The molecule has 3 rings (SSSR count). The van der Waals surface area contributed by atoms with Crippen molar-refractivity contribution in [2.45, 2.75) is 25.8 Å². The molecular formula is C16H25ClN2. The van der Waals surface area contributed by atoms with E-state index < -0.39 is 0 Å². The van der Waals surface area contributed by atoms with Crippen LogP contribution in [0.2, 0.25) is 0 Å². The van der Waals surface area contributed by atoms with E-state index in [1.54, 1.807) is 0 Å². The van der Waals surface area contributed by atoms with Crippen LogP contribution in [0.1, 0.15) is 24.8 Å². The first-order chi connectivity index (χ1) is 8.92. The Labute approximate surface area is 123 Å². The fourth-order valence-electron chi connectivity index (χ4n) is 3.50. The zero-order valence-corrected chi connectivity index (χ0v) is 12.4. The Hall–Kier alpha value is -0.570. The minimum absolute atomic E-state index is 0. The van der Waals surface area contributed by atoms with Gasteiger partial charge in [-0.25, -0.2) is 0 Å². The quantitative estimate of drug-likeness (QED) is 0.916. The van der Waals surface area contributed by atoms with Crippen molar-refractivity contribution < 1.29 is 0 Å². The van der Waals surface area contributed by atoms with Gasteiger partial charge in [0.2, 0.25) is 0 Å². The molecule has 2 aliphatic heterocycles. The third-order valence-electron chi connectivity index (χ3n) is 4.65. The molecule has 2 fully saturated rings. The molecule has 1 unspecified atom stereocenters. The second kappa shape index (κ2) is 7.28. The molecule has 0 saturated carbocycles. The van der Waals surface area contributed by atoms with Crippen LogP contribution in [-0.4, -0.2) is 31.1 Å². The summed E-state index contributed by atoms with van der Waals surface area (Å²) in [6, 6.07) is 10.9. The maximum atomic E-state index is 3.51. The Morgan fingerprint density at radius 3 is 2.37 bits per heavy atom. The summed E-state index contributed by atoms with van der Waals surface area (Å²) in [5.41, 5.74) is 1.46. The molecule has 1 aromatic rings. The van der Waals surface area contributed by atoms with Crippen LogP contribution in [0.15, 0.2) is 30.3 Å². The van der Waals surface area contributed by atoms with Gasteiger partial charge in [0.15, 0.2) is 0 Å². The number of halogens is 1. The van der Waals surface area contributed by atoms with Crippen LogP contribution in [0.3, 0.4) is 0 Å². The van der Waals surface area contributed by atoms with Crippen molar-refractivity contribution in [2.75, 3.05) is 26.2 Å². The lowest BCUT2D eigenvalue weighted by Crippen LogP contribution is -2.36. The minimum atomic E-state index is 0. The molecule has 1 N–H and O–H groups in total. The Balaban J connectivity index is 0.00000133. The lowest BCUT2D eigenvalue weighted by atomic mass is 9.84. The van der Waals surface area contributed by atoms with E-state index in [2.05, 4.69) is 40.5 Å².